The van der Waals surface area contributed by atoms with Gasteiger partial charge in [-0.2, -0.15) is 0 Å². The topological polar surface area (TPSA) is 75.0 Å². The minimum Gasteiger partial charge on any atom is -0.503 e. The number of ether oxygens (including phenoxy) is 1. The molecule has 0 spiro atoms. The van der Waals surface area contributed by atoms with Crippen LogP contribution in [0.5, 0.6) is 5.75 Å². The molecule has 156 valence electrons. The maximum Gasteiger partial charge on any atom is 0.409 e. The molecule has 1 aliphatic rings. The van der Waals surface area contributed by atoms with Gasteiger partial charge in [-0.05, 0) is 30.7 Å². The Hall–Kier alpha value is -2.94. The molecule has 1 fully saturated rings. The number of piperazine rings is 1. The lowest BCUT2D eigenvalue weighted by molar-refractivity contribution is 0.0776. The summed E-state index contributed by atoms with van der Waals surface area (Å²) >= 11 is 0. The number of rotatable bonds is 5. The van der Waals surface area contributed by atoms with Crippen molar-refractivity contribution in [1.29, 1.82) is 0 Å². The molecule has 1 aromatic heterocycles. The Morgan fingerprint density at radius 3 is 2.38 bits per heavy atom. The van der Waals surface area contributed by atoms with E-state index >= 15 is 0 Å². The molecular weight excluding hydrogens is 384 g/mol. The summed E-state index contributed by atoms with van der Waals surface area (Å²) in [5.41, 5.74) is 0.116. The number of hydrogen-bond acceptors (Lipinski definition) is 5. The number of carbonyl (C=O) groups is 1. The highest BCUT2D eigenvalue weighted by Gasteiger charge is 2.23. The number of aromatic nitrogens is 1. The lowest BCUT2D eigenvalue weighted by atomic mass is 10.2. The Morgan fingerprint density at radius 2 is 1.76 bits per heavy atom. The minimum atomic E-state index is -0.726. The molecule has 1 saturated heterocycles. The van der Waals surface area contributed by atoms with Crippen LogP contribution in [0.25, 0.3) is 0 Å². The fourth-order valence-corrected chi connectivity index (χ4v) is 3.30. The van der Waals surface area contributed by atoms with Crippen molar-refractivity contribution in [2.45, 2.75) is 20.0 Å². The average molecular weight is 407 g/mol. The van der Waals surface area contributed by atoms with Crippen LogP contribution in [0.4, 0.5) is 13.6 Å². The van der Waals surface area contributed by atoms with Crippen LogP contribution < -0.4 is 5.56 Å². The van der Waals surface area contributed by atoms with Gasteiger partial charge in [0.25, 0.3) is 5.56 Å². The predicted octanol–water partition coefficient (Wildman–Crippen LogP) is 2.15. The molecule has 1 amide bonds. The molecule has 9 heteroatoms. The second-order valence-electron chi connectivity index (χ2n) is 6.86. The van der Waals surface area contributed by atoms with E-state index in [1.54, 1.807) is 17.9 Å². The van der Waals surface area contributed by atoms with E-state index in [4.69, 9.17) is 4.74 Å². The molecular formula is C20H23F2N3O4. The quantitative estimate of drug-likeness (QED) is 0.822. The molecule has 1 N–H and O–H groups in total. The smallest absolute Gasteiger partial charge is 0.409 e. The Morgan fingerprint density at radius 1 is 1.10 bits per heavy atom. The van der Waals surface area contributed by atoms with E-state index in [9.17, 15) is 23.5 Å². The molecule has 0 atom stereocenters. The van der Waals surface area contributed by atoms with Crippen molar-refractivity contribution in [3.05, 3.63) is 63.6 Å². The highest BCUT2D eigenvalue weighted by molar-refractivity contribution is 5.67. The van der Waals surface area contributed by atoms with E-state index in [0.29, 0.717) is 44.9 Å². The molecule has 7 nitrogen and oxygen atoms in total. The summed E-state index contributed by atoms with van der Waals surface area (Å²) in [6, 6.07) is 4.66. The summed E-state index contributed by atoms with van der Waals surface area (Å²) in [6.07, 6.45) is 1.15. The summed E-state index contributed by atoms with van der Waals surface area (Å²) < 4.78 is 32.9. The molecule has 3 rings (SSSR count). The zero-order valence-corrected chi connectivity index (χ0v) is 16.1. The number of hydrogen-bond donors (Lipinski definition) is 1. The van der Waals surface area contributed by atoms with E-state index in [2.05, 4.69) is 0 Å². The molecule has 2 aromatic rings. The molecule has 0 unspecified atom stereocenters. The Bertz CT molecular complexity index is 920. The third kappa shape index (κ3) is 5.11. The summed E-state index contributed by atoms with van der Waals surface area (Å²) in [5.74, 6) is -1.84. The highest BCUT2D eigenvalue weighted by atomic mass is 19.1. The molecule has 0 saturated carbocycles. The summed E-state index contributed by atoms with van der Waals surface area (Å²) in [4.78, 5) is 27.8. The lowest BCUT2D eigenvalue weighted by Crippen LogP contribution is -2.48. The van der Waals surface area contributed by atoms with Crippen LogP contribution in [-0.4, -0.2) is 58.4 Å². The number of pyridine rings is 1. The average Bonchev–Trinajstić information content (AvgIpc) is 2.68. The first-order chi connectivity index (χ1) is 13.9. The number of carbonyl (C=O) groups excluding carboxylic acids is 1. The van der Waals surface area contributed by atoms with Crippen LogP contribution in [-0.2, 0) is 17.8 Å². The fourth-order valence-electron chi connectivity index (χ4n) is 3.30. The third-order valence-electron chi connectivity index (χ3n) is 4.79. The van der Waals surface area contributed by atoms with Gasteiger partial charge in [-0.15, -0.1) is 0 Å². The first kappa shape index (κ1) is 20.8. The predicted molar refractivity (Wildman–Crippen MR) is 102 cm³/mol. The van der Waals surface area contributed by atoms with Crippen LogP contribution in [0.15, 0.2) is 35.3 Å². The largest absolute Gasteiger partial charge is 0.503 e. The summed E-state index contributed by atoms with van der Waals surface area (Å²) in [6.45, 7) is 4.56. The van der Waals surface area contributed by atoms with Crippen LogP contribution in [0.2, 0.25) is 0 Å². The summed E-state index contributed by atoms with van der Waals surface area (Å²) in [5, 5.41) is 10.3. The highest BCUT2D eigenvalue weighted by Crippen LogP contribution is 2.16. The minimum absolute atomic E-state index is 0.0560. The number of benzene rings is 1. The number of amides is 1. The van der Waals surface area contributed by atoms with E-state index in [1.165, 1.54) is 10.8 Å². The van der Waals surface area contributed by atoms with Gasteiger partial charge in [0.15, 0.2) is 5.75 Å². The number of nitrogens with zero attached hydrogens (tertiary/aromatic N) is 3. The molecule has 0 radical (unpaired) electrons. The van der Waals surface area contributed by atoms with E-state index < -0.39 is 22.9 Å². The Balaban J connectivity index is 1.66. The SMILES string of the molecule is CCOC(=O)N1CCN(Cc2ccn(Cc3cc(F)cc(F)c3)c(=O)c2O)CC1. The summed E-state index contributed by atoms with van der Waals surface area (Å²) in [7, 11) is 0. The van der Waals surface area contributed by atoms with Gasteiger partial charge in [-0.1, -0.05) is 0 Å². The van der Waals surface area contributed by atoms with Crippen LogP contribution in [0.3, 0.4) is 0 Å². The Labute approximate surface area is 166 Å². The maximum absolute atomic E-state index is 13.3. The molecule has 1 aliphatic heterocycles. The van der Waals surface area contributed by atoms with Gasteiger partial charge in [-0.3, -0.25) is 9.69 Å². The van der Waals surface area contributed by atoms with Crippen molar-refractivity contribution in [3.8, 4) is 5.75 Å². The van der Waals surface area contributed by atoms with Gasteiger partial charge in [0.2, 0.25) is 0 Å². The second-order valence-corrected chi connectivity index (χ2v) is 6.86. The molecule has 2 heterocycles. The molecule has 1 aromatic carbocycles. The van der Waals surface area contributed by atoms with Crippen LogP contribution >= 0.6 is 0 Å². The maximum atomic E-state index is 13.3. The zero-order valence-electron chi connectivity index (χ0n) is 16.1. The monoisotopic (exact) mass is 407 g/mol. The van der Waals surface area contributed by atoms with Gasteiger partial charge < -0.3 is 19.3 Å². The van der Waals surface area contributed by atoms with E-state index in [1.807, 2.05) is 4.90 Å². The zero-order chi connectivity index (χ0) is 21.0. The third-order valence-corrected chi connectivity index (χ3v) is 4.79. The van der Waals surface area contributed by atoms with Gasteiger partial charge in [0.05, 0.1) is 13.2 Å². The van der Waals surface area contributed by atoms with Crippen molar-refractivity contribution >= 4 is 6.09 Å². The lowest BCUT2D eigenvalue weighted by Gasteiger charge is -2.34. The first-order valence-electron chi connectivity index (χ1n) is 9.37. The number of halogens is 2. The van der Waals surface area contributed by atoms with Crippen molar-refractivity contribution in [3.63, 3.8) is 0 Å². The molecule has 0 aliphatic carbocycles. The standard InChI is InChI=1S/C20H23F2N3O4/c1-2-29-20(28)24-7-5-23(6-8-24)13-15-3-4-25(19(27)18(15)26)12-14-9-16(21)11-17(22)10-14/h3-4,9-11,26H,2,5-8,12-13H2,1H3. The normalized spacial score (nSPS) is 14.8. The van der Waals surface area contributed by atoms with Crippen molar-refractivity contribution in [2.75, 3.05) is 32.8 Å². The van der Waals surface area contributed by atoms with Gasteiger partial charge in [-0.25, -0.2) is 13.6 Å². The van der Waals surface area contributed by atoms with Gasteiger partial charge in [0, 0.05) is 50.6 Å². The van der Waals surface area contributed by atoms with E-state index in [-0.39, 0.29) is 18.2 Å². The Kier molecular flexibility index (Phi) is 6.48. The fraction of sp³-hybridized carbons (Fsp3) is 0.400. The van der Waals surface area contributed by atoms with Crippen LogP contribution in [0.1, 0.15) is 18.1 Å². The van der Waals surface area contributed by atoms with Gasteiger partial charge in [0.1, 0.15) is 11.6 Å². The van der Waals surface area contributed by atoms with Crippen LogP contribution in [0, 0.1) is 11.6 Å². The van der Waals surface area contributed by atoms with Gasteiger partial charge >= 0.3 is 6.09 Å². The van der Waals surface area contributed by atoms with Crippen molar-refractivity contribution in [2.24, 2.45) is 0 Å². The molecule has 0 bridgehead atoms. The van der Waals surface area contributed by atoms with Crippen molar-refractivity contribution < 1.29 is 23.4 Å². The van der Waals surface area contributed by atoms with Crippen molar-refractivity contribution in [1.82, 2.24) is 14.4 Å². The second kappa shape index (κ2) is 9.04. The van der Waals surface area contributed by atoms with E-state index in [0.717, 1.165) is 18.2 Å². The molecule has 29 heavy (non-hydrogen) atoms. The first-order valence-corrected chi connectivity index (χ1v) is 9.37. The number of aromatic hydroxyl groups is 1.